The quantitative estimate of drug-likeness (QED) is 0.0711. The summed E-state index contributed by atoms with van der Waals surface area (Å²) in [6, 6.07) is 31.4. The summed E-state index contributed by atoms with van der Waals surface area (Å²) in [7, 11) is 8.19. The molecule has 2 heterocycles. The number of guanidine groups is 3. The summed E-state index contributed by atoms with van der Waals surface area (Å²) >= 11 is -0.503. The first kappa shape index (κ1) is 75.2. The fourth-order valence-electron chi connectivity index (χ4n) is 8.22. The molecule has 0 aromatic heterocycles. The monoisotopic (exact) mass is 1370 g/mol. The molecule has 2 fully saturated rings. The third-order valence-corrected chi connectivity index (χ3v) is 14.4. The van der Waals surface area contributed by atoms with Gasteiger partial charge in [-0.3, -0.25) is 0 Å². The van der Waals surface area contributed by atoms with E-state index < -0.39 is 68.0 Å². The number of nitrogens with zero attached hydrogens (tertiary/aromatic N) is 11. The molecule has 2 saturated heterocycles. The number of hydrogen-bond acceptors (Lipinski definition) is 12. The number of nitrogens with two attached hydrogens (primary N) is 2. The molecule has 0 unspecified atom stereocenters. The number of carbonyl (C=O) groups is 6. The van der Waals surface area contributed by atoms with Crippen molar-refractivity contribution in [2.45, 2.75) is 139 Å². The molecule has 0 aliphatic carbocycles. The molecule has 0 spiro atoms. The first-order chi connectivity index (χ1) is 40.8. The van der Waals surface area contributed by atoms with Crippen LogP contribution < -0.4 is 37.4 Å². The zero-order chi connectivity index (χ0) is 66.1. The number of aliphatic imine (C=N–C) groups is 3. The average molecular weight is 1370 g/mol. The highest BCUT2D eigenvalue weighted by molar-refractivity contribution is 6.00. The van der Waals surface area contributed by atoms with Crippen LogP contribution in [0.15, 0.2) is 112 Å². The van der Waals surface area contributed by atoms with Gasteiger partial charge in [0.1, 0.15) is 28.2 Å². The van der Waals surface area contributed by atoms with Gasteiger partial charge >= 0.3 is 57.6 Å². The van der Waals surface area contributed by atoms with Crippen LogP contribution in [0.4, 0.5) is 28.8 Å². The lowest BCUT2D eigenvalue weighted by Gasteiger charge is -2.42. The molecule has 4 aromatic carbocycles. The van der Waals surface area contributed by atoms with Crippen LogP contribution in [0, 0.1) is 21.0 Å². The number of halogens is 2. The number of ether oxygens (including phenoxy) is 5. The average Bonchev–Trinajstić information content (AvgIpc) is 0.921. The number of rotatable bonds is 9. The van der Waals surface area contributed by atoms with Crippen LogP contribution >= 0.6 is 12.4 Å². The van der Waals surface area contributed by atoms with Crippen molar-refractivity contribution in [3.05, 3.63) is 132 Å². The molecule has 24 nitrogen and oxygen atoms in total. The highest BCUT2D eigenvalue weighted by Gasteiger charge is 2.38. The lowest BCUT2D eigenvalue weighted by atomic mass is 10.1. The predicted molar refractivity (Wildman–Crippen MR) is 342 cm³/mol. The number of amides is 8. The molecule has 4 N–H and O–H groups in total. The second-order valence-corrected chi connectivity index (χ2v) is 28.1. The Morgan fingerprint density at radius 2 is 0.876 bits per heavy atom. The fourth-order valence-corrected chi connectivity index (χ4v) is 10.6. The fraction of sp³-hybridized carbons (Fsp3) is 0.476. The Morgan fingerprint density at radius 1 is 0.517 bits per heavy atom. The zero-order valence-corrected chi connectivity index (χ0v) is 58.0. The normalized spacial score (nSPS) is 14.0. The standard InChI is InChI=1S/C30H41IN5O6.C24H37N5O5.C9H13N3.ClH/c1-29(2,3)41-26(37)32-25(35-19-33(7)27(38)34(8)20-35)36(28(39)42-30(4,5)6)18-21-11-10-12-23(17-21)31-22-13-15-24(40-9)16-14-22;1-17-11-10-12-18(13-17)14-29(22(32)34-24(5,6)7)19(25-20(30)33-23(2,3)4)28-15-26(8)21(31)27(9)16-28;1-7-3-2-4-8(5-7)6-12-9(10)11;/h10-17H,18-20H2,1-9H3;10-13H,14-16H2,1-9H3;2-5H,6H2,1H3,(H4,10,11,12);1H/q+1;;;. The Kier molecular flexibility index (Phi) is 27.8. The van der Waals surface area contributed by atoms with Crippen molar-refractivity contribution < 1.29 is 73.7 Å². The van der Waals surface area contributed by atoms with Crippen molar-refractivity contribution in [3.8, 4) is 5.75 Å². The van der Waals surface area contributed by atoms with Gasteiger partial charge in [0.25, 0.3) is 0 Å². The van der Waals surface area contributed by atoms with E-state index >= 15 is 0 Å². The summed E-state index contributed by atoms with van der Waals surface area (Å²) in [6.45, 7) is 26.2. The van der Waals surface area contributed by atoms with E-state index in [0.717, 1.165) is 31.6 Å². The van der Waals surface area contributed by atoms with E-state index in [1.165, 1.54) is 38.5 Å². The van der Waals surface area contributed by atoms with Crippen molar-refractivity contribution >= 4 is 66.7 Å². The van der Waals surface area contributed by atoms with Crippen molar-refractivity contribution in [1.82, 2.24) is 39.2 Å². The number of carbonyl (C=O) groups excluding carboxylic acids is 6. The number of methoxy groups -OCH3 is 1. The van der Waals surface area contributed by atoms with Gasteiger partial charge in [-0.15, -0.1) is 22.4 Å². The first-order valence-corrected chi connectivity index (χ1v) is 30.6. The van der Waals surface area contributed by atoms with Gasteiger partial charge in [0.15, 0.2) is 13.1 Å². The Balaban J connectivity index is 0.000000393. The van der Waals surface area contributed by atoms with E-state index in [2.05, 4.69) is 45.3 Å². The maximum atomic E-state index is 13.7. The summed E-state index contributed by atoms with van der Waals surface area (Å²) in [5.41, 5.74) is 12.3. The highest BCUT2D eigenvalue weighted by atomic mass is 127. The molecule has 89 heavy (non-hydrogen) atoms. The van der Waals surface area contributed by atoms with Crippen molar-refractivity contribution in [2.75, 3.05) is 62.0 Å². The van der Waals surface area contributed by atoms with Gasteiger partial charge < -0.3 is 64.6 Å². The summed E-state index contributed by atoms with van der Waals surface area (Å²) in [5, 5.41) is 0. The molecule has 8 amide bonds. The maximum Gasteiger partial charge on any atom is 0.437 e. The minimum atomic E-state index is -0.854. The summed E-state index contributed by atoms with van der Waals surface area (Å²) in [4.78, 5) is 102. The third kappa shape index (κ3) is 26.7. The zero-order valence-electron chi connectivity index (χ0n) is 55.0. The number of urea groups is 2. The maximum absolute atomic E-state index is 13.7. The Morgan fingerprint density at radius 3 is 1.24 bits per heavy atom. The number of hydrogen-bond donors (Lipinski definition) is 2. The lowest BCUT2D eigenvalue weighted by Crippen LogP contribution is -3.61. The minimum Gasteiger partial charge on any atom is -0.497 e. The molecule has 0 bridgehead atoms. The molecule has 26 heteroatoms. The molecule has 4 aromatic rings. The molecular weight excluding hydrogens is 1280 g/mol. The minimum absolute atomic E-state index is 0. The smallest absolute Gasteiger partial charge is 0.437 e. The molecule has 488 valence electrons. The van der Waals surface area contributed by atoms with Crippen LogP contribution in [-0.4, -0.2) is 178 Å². The van der Waals surface area contributed by atoms with Gasteiger partial charge in [-0.05, 0) is 150 Å². The lowest BCUT2D eigenvalue weighted by molar-refractivity contribution is -0.597. The van der Waals surface area contributed by atoms with Gasteiger partial charge in [-0.25, -0.2) is 43.6 Å². The summed E-state index contributed by atoms with van der Waals surface area (Å²) in [6.07, 6.45) is -3.05. The van der Waals surface area contributed by atoms with Crippen LogP contribution in [0.1, 0.15) is 111 Å². The van der Waals surface area contributed by atoms with Gasteiger partial charge in [-0.2, -0.15) is 0 Å². The Bertz CT molecular complexity index is 3120. The summed E-state index contributed by atoms with van der Waals surface area (Å²) in [5.74, 6) is 1.00. The molecule has 6 rings (SSSR count). The number of benzene rings is 4. The summed E-state index contributed by atoms with van der Waals surface area (Å²) < 4.78 is 30.0. The van der Waals surface area contributed by atoms with E-state index in [9.17, 15) is 28.8 Å². The van der Waals surface area contributed by atoms with Crippen LogP contribution in [0.5, 0.6) is 5.75 Å². The molecule has 0 saturated carbocycles. The second-order valence-electron chi connectivity index (χ2n) is 25.0. The van der Waals surface area contributed by atoms with Crippen molar-refractivity contribution in [3.63, 3.8) is 0 Å². The largest absolute Gasteiger partial charge is 0.497 e. The van der Waals surface area contributed by atoms with E-state index in [0.29, 0.717) is 6.54 Å². The van der Waals surface area contributed by atoms with E-state index in [4.69, 9.17) is 35.2 Å². The van der Waals surface area contributed by atoms with Gasteiger partial charge in [0.2, 0.25) is 11.9 Å². The molecule has 0 atom stereocenters. The molecule has 0 radical (unpaired) electrons. The van der Waals surface area contributed by atoms with E-state index in [1.54, 1.807) is 128 Å². The molecule has 2 aliphatic heterocycles. The Hall–Kier alpha value is -8.07. The van der Waals surface area contributed by atoms with Gasteiger partial charge in [-0.1, -0.05) is 71.8 Å². The third-order valence-electron chi connectivity index (χ3n) is 11.7. The Labute approximate surface area is 541 Å². The van der Waals surface area contributed by atoms with Gasteiger partial charge in [0, 0.05) is 28.2 Å². The van der Waals surface area contributed by atoms with Crippen molar-refractivity contribution in [2.24, 2.45) is 26.4 Å². The van der Waals surface area contributed by atoms with E-state index in [-0.39, 0.29) is 82.1 Å². The highest BCUT2D eigenvalue weighted by Crippen LogP contribution is 2.22. The second kappa shape index (κ2) is 33.0. The van der Waals surface area contributed by atoms with Crippen LogP contribution in [0.3, 0.4) is 0 Å². The van der Waals surface area contributed by atoms with Gasteiger partial charge in [0.05, 0.1) is 53.4 Å². The van der Waals surface area contributed by atoms with E-state index in [1.807, 2.05) is 80.6 Å². The SMILES string of the molecule is COc1ccc([I+]c2cccc(CN(C(=O)OC(C)(C)C)C(=NC(=O)OC(C)(C)C)N3CN(C)C(=O)N(C)C3)c2)cc1.Cc1cccc(CN(C(=O)OC(C)(C)C)C(=NC(=O)OC(C)(C)C)N2CN(C)C(=O)N(C)C2)c1.Cc1cccc(CN=C(N)N)c1.Cl. The topological polar surface area (TPSA) is 264 Å². The predicted octanol–water partition coefficient (Wildman–Crippen LogP) is 7.49. The van der Waals surface area contributed by atoms with Crippen LogP contribution in [0.25, 0.3) is 0 Å². The first-order valence-electron chi connectivity index (χ1n) is 28.4. The number of aryl methyl sites for hydroxylation is 2. The molecular formula is C63H92ClIN13O11+. The van der Waals surface area contributed by atoms with Crippen LogP contribution in [-0.2, 0) is 38.6 Å². The van der Waals surface area contributed by atoms with Crippen LogP contribution in [0.2, 0.25) is 0 Å². The molecule has 2 aliphatic rings. The van der Waals surface area contributed by atoms with Crippen molar-refractivity contribution in [1.29, 1.82) is 0 Å².